The van der Waals surface area contributed by atoms with Crippen LogP contribution in [0.15, 0.2) is 30.3 Å². The van der Waals surface area contributed by atoms with E-state index < -0.39 is 17.9 Å². The molecule has 2 fully saturated rings. The van der Waals surface area contributed by atoms with Crippen LogP contribution in [0.3, 0.4) is 0 Å². The highest BCUT2D eigenvalue weighted by Gasteiger charge is 2.33. The molecule has 5 heteroatoms. The van der Waals surface area contributed by atoms with Gasteiger partial charge in [0.2, 0.25) is 0 Å². The second-order valence-electron chi connectivity index (χ2n) is 9.59. The van der Waals surface area contributed by atoms with Gasteiger partial charge in [-0.1, -0.05) is 56.9 Å². The minimum absolute atomic E-state index is 0.169. The summed E-state index contributed by atoms with van der Waals surface area (Å²) < 4.78 is 55.7. The first kappa shape index (κ1) is 22.4. The first-order valence-corrected chi connectivity index (χ1v) is 11.8. The summed E-state index contributed by atoms with van der Waals surface area (Å²) in [4.78, 5) is 0. The molecule has 170 valence electrons. The van der Waals surface area contributed by atoms with Gasteiger partial charge >= 0.3 is 6.36 Å². The Hall–Kier alpha value is -1.78. The SMILES string of the molecule is CCCC1CCC(C2CCC(c3ccc4c(F)c(OC(F)(F)F)ccc4c3)CC2)CC1. The van der Waals surface area contributed by atoms with E-state index in [4.69, 9.17) is 0 Å². The van der Waals surface area contributed by atoms with Crippen molar-refractivity contribution >= 4 is 10.8 Å². The van der Waals surface area contributed by atoms with Crippen LogP contribution < -0.4 is 4.74 Å². The highest BCUT2D eigenvalue weighted by atomic mass is 19.4. The van der Waals surface area contributed by atoms with Crippen LogP contribution in [0, 0.1) is 23.6 Å². The minimum atomic E-state index is -4.90. The van der Waals surface area contributed by atoms with E-state index in [2.05, 4.69) is 11.7 Å². The summed E-state index contributed by atoms with van der Waals surface area (Å²) in [6.07, 6.45) is 8.13. The van der Waals surface area contributed by atoms with Gasteiger partial charge in [-0.25, -0.2) is 4.39 Å². The molecule has 0 spiro atoms. The van der Waals surface area contributed by atoms with Crippen LogP contribution >= 0.6 is 0 Å². The molecule has 0 atom stereocenters. The molecule has 2 aliphatic rings. The third-order valence-corrected chi connectivity index (χ3v) is 7.67. The molecule has 0 bridgehead atoms. The van der Waals surface area contributed by atoms with Gasteiger partial charge < -0.3 is 4.74 Å². The summed E-state index contributed by atoms with van der Waals surface area (Å²) in [5.74, 6) is 1.38. The standard InChI is InChI=1S/C26H32F4O/c1-2-3-17-4-6-18(7-5-17)19-8-10-20(11-9-19)21-12-14-23-22(16-21)13-15-24(25(23)27)31-26(28,29)30/h12-20H,2-11H2,1H3. The van der Waals surface area contributed by atoms with Crippen LogP contribution in [0.4, 0.5) is 17.6 Å². The lowest BCUT2D eigenvalue weighted by Gasteiger charge is -2.38. The number of alkyl halides is 3. The monoisotopic (exact) mass is 436 g/mol. The van der Waals surface area contributed by atoms with Gasteiger partial charge in [-0.3, -0.25) is 0 Å². The number of rotatable bonds is 5. The lowest BCUT2D eigenvalue weighted by Crippen LogP contribution is -2.25. The molecule has 0 N–H and O–H groups in total. The molecule has 1 nitrogen and oxygen atoms in total. The van der Waals surface area contributed by atoms with Crippen molar-refractivity contribution < 1.29 is 22.3 Å². The van der Waals surface area contributed by atoms with Gasteiger partial charge in [0, 0.05) is 5.39 Å². The van der Waals surface area contributed by atoms with Gasteiger partial charge in [0.15, 0.2) is 11.6 Å². The first-order valence-electron chi connectivity index (χ1n) is 11.8. The van der Waals surface area contributed by atoms with Crippen LogP contribution in [0.2, 0.25) is 0 Å². The fraction of sp³-hybridized carbons (Fsp3) is 0.615. The van der Waals surface area contributed by atoms with Gasteiger partial charge in [-0.05, 0) is 79.2 Å². The van der Waals surface area contributed by atoms with E-state index in [1.54, 1.807) is 6.07 Å². The van der Waals surface area contributed by atoms with Crippen molar-refractivity contribution in [2.45, 2.75) is 83.4 Å². The topological polar surface area (TPSA) is 9.23 Å². The Bertz CT molecular complexity index is 875. The Morgan fingerprint density at radius 1 is 0.871 bits per heavy atom. The average molecular weight is 437 g/mol. The number of benzene rings is 2. The maximum atomic E-state index is 14.5. The van der Waals surface area contributed by atoms with Crippen LogP contribution in [-0.4, -0.2) is 6.36 Å². The Morgan fingerprint density at radius 2 is 1.52 bits per heavy atom. The largest absolute Gasteiger partial charge is 0.573 e. The van der Waals surface area contributed by atoms with Crippen molar-refractivity contribution in [1.29, 1.82) is 0 Å². The minimum Gasteiger partial charge on any atom is -0.403 e. The lowest BCUT2D eigenvalue weighted by molar-refractivity contribution is -0.275. The summed E-state index contributed by atoms with van der Waals surface area (Å²) >= 11 is 0. The maximum Gasteiger partial charge on any atom is 0.573 e. The van der Waals surface area contributed by atoms with Crippen molar-refractivity contribution in [3.05, 3.63) is 41.7 Å². The summed E-state index contributed by atoms with van der Waals surface area (Å²) in [6.45, 7) is 2.28. The van der Waals surface area contributed by atoms with Gasteiger partial charge in [0.05, 0.1) is 0 Å². The van der Waals surface area contributed by atoms with Gasteiger partial charge in [0.25, 0.3) is 0 Å². The third kappa shape index (κ3) is 5.35. The van der Waals surface area contributed by atoms with Crippen LogP contribution in [0.5, 0.6) is 5.75 Å². The van der Waals surface area contributed by atoms with E-state index in [0.717, 1.165) is 36.7 Å². The molecule has 0 aromatic heterocycles. The molecule has 0 aliphatic heterocycles. The molecule has 31 heavy (non-hydrogen) atoms. The van der Waals surface area contributed by atoms with Gasteiger partial charge in [-0.15, -0.1) is 13.2 Å². The smallest absolute Gasteiger partial charge is 0.403 e. The maximum absolute atomic E-state index is 14.5. The zero-order chi connectivity index (χ0) is 22.0. The number of halogens is 4. The lowest BCUT2D eigenvalue weighted by atomic mass is 9.68. The highest BCUT2D eigenvalue weighted by Crippen LogP contribution is 2.45. The van der Waals surface area contributed by atoms with E-state index in [0.29, 0.717) is 11.3 Å². The number of hydrogen-bond acceptors (Lipinski definition) is 1. The molecular formula is C26H32F4O. The molecule has 2 aromatic carbocycles. The van der Waals surface area contributed by atoms with E-state index in [9.17, 15) is 17.6 Å². The van der Waals surface area contributed by atoms with Crippen LogP contribution in [0.25, 0.3) is 10.8 Å². The molecule has 0 saturated heterocycles. The Kier molecular flexibility index (Phi) is 6.78. The van der Waals surface area contributed by atoms with Crippen molar-refractivity contribution in [2.75, 3.05) is 0 Å². The number of fused-ring (bicyclic) bond motifs is 1. The number of hydrogen-bond donors (Lipinski definition) is 0. The highest BCUT2D eigenvalue weighted by molar-refractivity contribution is 5.85. The summed E-state index contributed by atoms with van der Waals surface area (Å²) in [7, 11) is 0. The Balaban J connectivity index is 1.38. The predicted molar refractivity (Wildman–Crippen MR) is 116 cm³/mol. The predicted octanol–water partition coefficient (Wildman–Crippen LogP) is 8.76. The van der Waals surface area contributed by atoms with Crippen molar-refractivity contribution in [3.63, 3.8) is 0 Å². The molecule has 0 heterocycles. The van der Waals surface area contributed by atoms with Crippen LogP contribution in [-0.2, 0) is 0 Å². The summed E-state index contributed by atoms with van der Waals surface area (Å²) in [5, 5.41) is 0.795. The zero-order valence-corrected chi connectivity index (χ0v) is 18.2. The van der Waals surface area contributed by atoms with Crippen molar-refractivity contribution in [2.24, 2.45) is 17.8 Å². The van der Waals surface area contributed by atoms with E-state index in [1.807, 2.05) is 12.1 Å². The Labute approximate surface area is 182 Å². The molecule has 2 aromatic rings. The van der Waals surface area contributed by atoms with Crippen molar-refractivity contribution in [3.8, 4) is 5.75 Å². The fourth-order valence-electron chi connectivity index (χ4n) is 6.03. The summed E-state index contributed by atoms with van der Waals surface area (Å²) in [5.41, 5.74) is 1.17. The Morgan fingerprint density at radius 3 is 2.13 bits per heavy atom. The first-order chi connectivity index (χ1) is 14.8. The van der Waals surface area contributed by atoms with E-state index in [-0.39, 0.29) is 5.39 Å². The van der Waals surface area contributed by atoms with E-state index >= 15 is 0 Å². The molecule has 0 amide bonds. The molecular weight excluding hydrogens is 404 g/mol. The molecule has 0 radical (unpaired) electrons. The second-order valence-corrected chi connectivity index (χ2v) is 9.59. The molecule has 2 aliphatic carbocycles. The molecule has 0 unspecified atom stereocenters. The second kappa shape index (κ2) is 9.38. The van der Waals surface area contributed by atoms with Crippen LogP contribution in [0.1, 0.15) is 82.6 Å². The quantitative estimate of drug-likeness (QED) is 0.426. The van der Waals surface area contributed by atoms with E-state index in [1.165, 1.54) is 63.0 Å². The zero-order valence-electron chi connectivity index (χ0n) is 18.2. The fourth-order valence-corrected chi connectivity index (χ4v) is 6.03. The van der Waals surface area contributed by atoms with Gasteiger partial charge in [0.1, 0.15) is 0 Å². The normalized spacial score (nSPS) is 27.4. The third-order valence-electron chi connectivity index (χ3n) is 7.67. The van der Waals surface area contributed by atoms with Crippen molar-refractivity contribution in [1.82, 2.24) is 0 Å². The average Bonchev–Trinajstić information content (AvgIpc) is 2.76. The molecule has 2 saturated carbocycles. The summed E-state index contributed by atoms with van der Waals surface area (Å²) in [6, 6.07) is 8.01. The van der Waals surface area contributed by atoms with Gasteiger partial charge in [-0.2, -0.15) is 0 Å². The number of ether oxygens (including phenoxy) is 1. The molecule has 4 rings (SSSR count).